The first kappa shape index (κ1) is 14.9. The molecule has 2 N–H and O–H groups in total. The van der Waals surface area contributed by atoms with Gasteiger partial charge in [0.25, 0.3) is 0 Å². The van der Waals surface area contributed by atoms with Crippen LogP contribution >= 0.6 is 0 Å². The molecule has 1 heterocycles. The van der Waals surface area contributed by atoms with Crippen molar-refractivity contribution in [3.8, 4) is 5.75 Å². The third-order valence-electron chi connectivity index (χ3n) is 3.70. The van der Waals surface area contributed by atoms with E-state index in [0.717, 1.165) is 16.8 Å². The van der Waals surface area contributed by atoms with Gasteiger partial charge in [0.1, 0.15) is 5.75 Å². The normalized spacial score (nSPS) is 10.7. The standard InChI is InChI=1S/C17H17N3O3/c1-22-13-6-3-11(4-7-13)10-20-15-8-5-12(16(21)23-2)9-14(15)19-17(20)18/h3-9H,10H2,1-2H3,(H2,18,19). The number of anilines is 1. The van der Waals surface area contributed by atoms with Crippen molar-refractivity contribution < 1.29 is 14.3 Å². The number of hydrogen-bond acceptors (Lipinski definition) is 5. The maximum atomic E-state index is 11.6. The zero-order chi connectivity index (χ0) is 16.4. The van der Waals surface area contributed by atoms with Crippen molar-refractivity contribution in [3.63, 3.8) is 0 Å². The van der Waals surface area contributed by atoms with Crippen LogP contribution < -0.4 is 10.5 Å². The first-order chi connectivity index (χ1) is 11.1. The second-order valence-electron chi connectivity index (χ2n) is 5.10. The van der Waals surface area contributed by atoms with Crippen molar-refractivity contribution in [1.29, 1.82) is 0 Å². The second-order valence-corrected chi connectivity index (χ2v) is 5.10. The van der Waals surface area contributed by atoms with Gasteiger partial charge < -0.3 is 19.8 Å². The molecule has 0 radical (unpaired) electrons. The molecule has 0 fully saturated rings. The Kier molecular flexibility index (Phi) is 3.89. The number of hydrogen-bond donors (Lipinski definition) is 1. The van der Waals surface area contributed by atoms with Crippen molar-refractivity contribution in [2.75, 3.05) is 20.0 Å². The van der Waals surface area contributed by atoms with Crippen LogP contribution in [0.1, 0.15) is 15.9 Å². The van der Waals surface area contributed by atoms with Gasteiger partial charge in [0.2, 0.25) is 5.95 Å². The van der Waals surface area contributed by atoms with Gasteiger partial charge >= 0.3 is 5.97 Å². The summed E-state index contributed by atoms with van der Waals surface area (Å²) >= 11 is 0. The van der Waals surface area contributed by atoms with Crippen molar-refractivity contribution >= 4 is 23.0 Å². The van der Waals surface area contributed by atoms with Crippen LogP contribution in [-0.2, 0) is 11.3 Å². The lowest BCUT2D eigenvalue weighted by Crippen LogP contribution is -2.05. The number of carbonyl (C=O) groups is 1. The molecule has 3 aromatic rings. The lowest BCUT2D eigenvalue weighted by Gasteiger charge is -2.08. The predicted molar refractivity (Wildman–Crippen MR) is 87.6 cm³/mol. The number of methoxy groups -OCH3 is 2. The summed E-state index contributed by atoms with van der Waals surface area (Å²) in [4.78, 5) is 15.9. The monoisotopic (exact) mass is 311 g/mol. The van der Waals surface area contributed by atoms with Crippen molar-refractivity contribution in [2.24, 2.45) is 0 Å². The molecule has 0 aliphatic carbocycles. The lowest BCUT2D eigenvalue weighted by molar-refractivity contribution is 0.0601. The number of benzene rings is 2. The number of nitrogen functional groups attached to an aromatic ring is 1. The van der Waals surface area contributed by atoms with Gasteiger partial charge in [0, 0.05) is 0 Å². The highest BCUT2D eigenvalue weighted by Crippen LogP contribution is 2.22. The van der Waals surface area contributed by atoms with E-state index in [4.69, 9.17) is 15.2 Å². The van der Waals surface area contributed by atoms with Gasteiger partial charge in [-0.2, -0.15) is 0 Å². The van der Waals surface area contributed by atoms with E-state index in [1.165, 1.54) is 7.11 Å². The van der Waals surface area contributed by atoms with Gasteiger partial charge in [0.15, 0.2) is 0 Å². The van der Waals surface area contributed by atoms with Crippen LogP contribution in [0.2, 0.25) is 0 Å². The van der Waals surface area contributed by atoms with Gasteiger partial charge in [0.05, 0.1) is 37.4 Å². The molecule has 0 unspecified atom stereocenters. The molecule has 0 amide bonds. The van der Waals surface area contributed by atoms with Gasteiger partial charge in [-0.1, -0.05) is 12.1 Å². The van der Waals surface area contributed by atoms with Crippen LogP contribution in [0.25, 0.3) is 11.0 Å². The average molecular weight is 311 g/mol. The van der Waals surface area contributed by atoms with E-state index in [1.54, 1.807) is 19.2 Å². The first-order valence-electron chi connectivity index (χ1n) is 7.09. The largest absolute Gasteiger partial charge is 0.497 e. The molecular weight excluding hydrogens is 294 g/mol. The van der Waals surface area contributed by atoms with Gasteiger partial charge in [-0.3, -0.25) is 0 Å². The van der Waals surface area contributed by atoms with Crippen LogP contribution in [0.5, 0.6) is 5.75 Å². The molecule has 0 spiro atoms. The molecule has 6 nitrogen and oxygen atoms in total. The number of esters is 1. The summed E-state index contributed by atoms with van der Waals surface area (Å²) in [5, 5.41) is 0. The van der Waals surface area contributed by atoms with E-state index in [9.17, 15) is 4.79 Å². The molecule has 118 valence electrons. The summed E-state index contributed by atoms with van der Waals surface area (Å²) in [7, 11) is 2.98. The molecule has 0 aliphatic heterocycles. The fourth-order valence-electron chi connectivity index (χ4n) is 2.47. The number of ether oxygens (including phenoxy) is 2. The minimum absolute atomic E-state index is 0.393. The fourth-order valence-corrected chi connectivity index (χ4v) is 2.47. The third kappa shape index (κ3) is 2.83. The zero-order valence-electron chi connectivity index (χ0n) is 12.9. The van der Waals surface area contributed by atoms with E-state index in [-0.39, 0.29) is 0 Å². The van der Waals surface area contributed by atoms with E-state index >= 15 is 0 Å². The predicted octanol–water partition coefficient (Wildman–Crippen LogP) is 2.46. The lowest BCUT2D eigenvalue weighted by atomic mass is 10.2. The molecule has 0 saturated heterocycles. The molecule has 6 heteroatoms. The summed E-state index contributed by atoms with van der Waals surface area (Å²) in [5.41, 5.74) is 9.09. The van der Waals surface area contributed by atoms with Crippen LogP contribution in [0.15, 0.2) is 42.5 Å². The molecule has 0 saturated carbocycles. The summed E-state index contributed by atoms with van der Waals surface area (Å²) < 4.78 is 11.8. The summed E-state index contributed by atoms with van der Waals surface area (Å²) in [6.07, 6.45) is 0. The van der Waals surface area contributed by atoms with E-state index in [0.29, 0.717) is 23.6 Å². The SMILES string of the molecule is COC(=O)c1ccc2c(c1)nc(N)n2Cc1ccc(OC)cc1. The highest BCUT2D eigenvalue weighted by molar-refractivity contribution is 5.94. The zero-order valence-corrected chi connectivity index (χ0v) is 12.9. The summed E-state index contributed by atoms with van der Waals surface area (Å²) in [6.45, 7) is 0.587. The van der Waals surface area contributed by atoms with Gasteiger partial charge in [-0.25, -0.2) is 9.78 Å². The maximum absolute atomic E-state index is 11.6. The van der Waals surface area contributed by atoms with Crippen LogP contribution in [0.3, 0.4) is 0 Å². The quantitative estimate of drug-likeness (QED) is 0.749. The number of rotatable bonds is 4. The Morgan fingerprint density at radius 2 is 1.91 bits per heavy atom. The number of fused-ring (bicyclic) bond motifs is 1. The molecule has 3 rings (SSSR count). The van der Waals surface area contributed by atoms with Gasteiger partial charge in [-0.15, -0.1) is 0 Å². The topological polar surface area (TPSA) is 79.4 Å². The number of imidazole rings is 1. The highest BCUT2D eigenvalue weighted by atomic mass is 16.5. The molecule has 2 aromatic carbocycles. The second kappa shape index (κ2) is 6.00. The van der Waals surface area contributed by atoms with Crippen molar-refractivity contribution in [2.45, 2.75) is 6.54 Å². The van der Waals surface area contributed by atoms with Crippen LogP contribution in [0, 0.1) is 0 Å². The summed E-state index contributed by atoms with van der Waals surface area (Å²) in [5.74, 6) is 0.813. The summed E-state index contributed by atoms with van der Waals surface area (Å²) in [6, 6.07) is 13.0. The number of aromatic nitrogens is 2. The van der Waals surface area contributed by atoms with Crippen molar-refractivity contribution in [1.82, 2.24) is 9.55 Å². The minimum Gasteiger partial charge on any atom is -0.497 e. The Labute approximate surface area is 133 Å². The Morgan fingerprint density at radius 1 is 1.17 bits per heavy atom. The molecule has 0 bridgehead atoms. The number of nitrogens with zero attached hydrogens (tertiary/aromatic N) is 2. The van der Waals surface area contributed by atoms with Gasteiger partial charge in [-0.05, 0) is 35.9 Å². The van der Waals surface area contributed by atoms with E-state index in [2.05, 4.69) is 4.98 Å². The Morgan fingerprint density at radius 3 is 2.57 bits per heavy atom. The van der Waals surface area contributed by atoms with E-state index in [1.807, 2.05) is 34.9 Å². The third-order valence-corrected chi connectivity index (χ3v) is 3.70. The molecule has 23 heavy (non-hydrogen) atoms. The molecular formula is C17H17N3O3. The Bertz CT molecular complexity index is 853. The highest BCUT2D eigenvalue weighted by Gasteiger charge is 2.12. The van der Waals surface area contributed by atoms with E-state index < -0.39 is 5.97 Å². The van der Waals surface area contributed by atoms with Crippen molar-refractivity contribution in [3.05, 3.63) is 53.6 Å². The van der Waals surface area contributed by atoms with Crippen LogP contribution in [0.4, 0.5) is 5.95 Å². The van der Waals surface area contributed by atoms with Crippen LogP contribution in [-0.4, -0.2) is 29.7 Å². The number of carbonyl (C=O) groups excluding carboxylic acids is 1. The molecule has 0 aliphatic rings. The first-order valence-corrected chi connectivity index (χ1v) is 7.09. The fraction of sp³-hybridized carbons (Fsp3) is 0.176. The smallest absolute Gasteiger partial charge is 0.337 e. The Hall–Kier alpha value is -3.02. The minimum atomic E-state index is -0.393. The average Bonchev–Trinajstić information content (AvgIpc) is 2.89. The Balaban J connectivity index is 1.96. The molecule has 1 aromatic heterocycles. The molecule has 0 atom stereocenters. The maximum Gasteiger partial charge on any atom is 0.337 e. The number of nitrogens with two attached hydrogens (primary N) is 1.